The van der Waals surface area contributed by atoms with Gasteiger partial charge in [0.2, 0.25) is 0 Å². The van der Waals surface area contributed by atoms with Crippen LogP contribution in [0.1, 0.15) is 30.5 Å². The number of hydrogen-bond donors (Lipinski definition) is 3. The summed E-state index contributed by atoms with van der Waals surface area (Å²) in [6.45, 7) is 3.36. The number of pyridine rings is 1. The third kappa shape index (κ3) is 2.96. The van der Waals surface area contributed by atoms with Crippen molar-refractivity contribution in [3.8, 4) is 5.75 Å². The highest BCUT2D eigenvalue weighted by atomic mass is 19.1. The molecule has 6 nitrogen and oxygen atoms in total. The lowest BCUT2D eigenvalue weighted by atomic mass is 9.99. The van der Waals surface area contributed by atoms with Gasteiger partial charge in [0, 0.05) is 54.0 Å². The summed E-state index contributed by atoms with van der Waals surface area (Å²) in [6.07, 6.45) is 3.97. The van der Waals surface area contributed by atoms with E-state index in [1.54, 1.807) is 18.3 Å². The number of aliphatic hydroxyl groups is 1. The minimum atomic E-state index is -0.629. The number of benzene rings is 1. The average Bonchev–Trinajstić information content (AvgIpc) is 3.28. The van der Waals surface area contributed by atoms with Gasteiger partial charge >= 0.3 is 0 Å². The van der Waals surface area contributed by atoms with Gasteiger partial charge in [0.05, 0.1) is 6.10 Å². The Balaban J connectivity index is 1.44. The molecule has 152 valence electrons. The van der Waals surface area contributed by atoms with Gasteiger partial charge in [-0.15, -0.1) is 0 Å². The van der Waals surface area contributed by atoms with E-state index in [0.717, 1.165) is 28.7 Å². The highest BCUT2D eigenvalue weighted by Crippen LogP contribution is 2.41. The summed E-state index contributed by atoms with van der Waals surface area (Å²) in [4.78, 5) is 4.49. The zero-order chi connectivity index (χ0) is 20.1. The van der Waals surface area contributed by atoms with E-state index in [1.165, 1.54) is 6.07 Å². The number of nitrogen functional groups attached to an aromatic ring is 1. The van der Waals surface area contributed by atoms with E-state index in [4.69, 9.17) is 10.5 Å². The molecule has 7 heteroatoms. The maximum absolute atomic E-state index is 14.2. The third-order valence-corrected chi connectivity index (χ3v) is 6.47. The highest BCUT2D eigenvalue weighted by molar-refractivity contribution is 5.88. The number of nitrogens with two attached hydrogens (primary N) is 1. The molecule has 5 rings (SSSR count). The number of anilines is 1. The number of halogens is 1. The summed E-state index contributed by atoms with van der Waals surface area (Å²) in [6, 6.07) is 6.94. The van der Waals surface area contributed by atoms with E-state index in [9.17, 15) is 9.50 Å². The number of aliphatic hydroxyl groups excluding tert-OH is 1. The van der Waals surface area contributed by atoms with Gasteiger partial charge in [-0.05, 0) is 42.8 Å². The van der Waals surface area contributed by atoms with E-state index < -0.39 is 6.10 Å². The molecule has 0 saturated heterocycles. The van der Waals surface area contributed by atoms with Gasteiger partial charge in [0.1, 0.15) is 23.3 Å². The second-order valence-electron chi connectivity index (χ2n) is 8.10. The second-order valence-corrected chi connectivity index (χ2v) is 8.10. The van der Waals surface area contributed by atoms with Crippen LogP contribution in [0.3, 0.4) is 0 Å². The number of rotatable bonds is 3. The van der Waals surface area contributed by atoms with Crippen molar-refractivity contribution in [1.29, 1.82) is 0 Å². The topological polar surface area (TPSA) is 85.3 Å². The summed E-state index contributed by atoms with van der Waals surface area (Å²) in [5.41, 5.74) is 9.16. The average molecular weight is 396 g/mol. The molecule has 0 bridgehead atoms. The molecule has 1 aliphatic carbocycles. The van der Waals surface area contributed by atoms with Crippen molar-refractivity contribution in [1.82, 2.24) is 14.9 Å². The molecule has 4 atom stereocenters. The Morgan fingerprint density at radius 2 is 2.14 bits per heavy atom. The first-order chi connectivity index (χ1) is 14.0. The van der Waals surface area contributed by atoms with Gasteiger partial charge in [-0.1, -0.05) is 6.92 Å². The van der Waals surface area contributed by atoms with Crippen molar-refractivity contribution in [3.63, 3.8) is 0 Å². The van der Waals surface area contributed by atoms with Gasteiger partial charge in [-0.3, -0.25) is 0 Å². The van der Waals surface area contributed by atoms with Crippen LogP contribution in [0, 0.1) is 11.7 Å². The molecular formula is C22H25FN4O2. The molecule has 2 aromatic heterocycles. The third-order valence-electron chi connectivity index (χ3n) is 6.47. The minimum Gasteiger partial charge on any atom is -0.487 e. The van der Waals surface area contributed by atoms with E-state index >= 15 is 0 Å². The standard InChI is InChI=1S/C22H25FN4O2/c1-12-18(27-9-6-14-17(24)5-8-26-22(14)27)10-20(21(12)28)29-19-3-2-16(23)13-4-7-25-11-15(13)19/h2-3,5-6,8-9,12,18,20-21,25,28H,4,7,10-11H2,1H3,(H2,24,26). The Morgan fingerprint density at radius 1 is 1.28 bits per heavy atom. The van der Waals surface area contributed by atoms with Crippen LogP contribution in [-0.4, -0.2) is 33.4 Å². The number of fused-ring (bicyclic) bond motifs is 2. The molecular weight excluding hydrogens is 371 g/mol. The van der Waals surface area contributed by atoms with Crippen LogP contribution in [-0.2, 0) is 13.0 Å². The van der Waals surface area contributed by atoms with Gasteiger partial charge < -0.3 is 25.5 Å². The molecule has 4 unspecified atom stereocenters. The summed E-state index contributed by atoms with van der Waals surface area (Å²) < 4.78 is 22.5. The van der Waals surface area contributed by atoms with Crippen LogP contribution in [0.4, 0.5) is 10.1 Å². The van der Waals surface area contributed by atoms with Crippen LogP contribution in [0.5, 0.6) is 5.75 Å². The largest absolute Gasteiger partial charge is 0.487 e. The second kappa shape index (κ2) is 7.00. The molecule has 1 fully saturated rings. The molecule has 3 aromatic rings. The maximum Gasteiger partial charge on any atom is 0.142 e. The van der Waals surface area contributed by atoms with Gasteiger partial charge in [0.25, 0.3) is 0 Å². The first-order valence-corrected chi connectivity index (χ1v) is 10.1. The number of nitrogens with zero attached hydrogens (tertiary/aromatic N) is 2. The zero-order valence-corrected chi connectivity index (χ0v) is 16.3. The molecule has 3 heterocycles. The Labute approximate surface area is 168 Å². The Hall–Kier alpha value is -2.64. The van der Waals surface area contributed by atoms with Crippen LogP contribution in [0.25, 0.3) is 11.0 Å². The monoisotopic (exact) mass is 396 g/mol. The van der Waals surface area contributed by atoms with Crippen molar-refractivity contribution in [3.05, 3.63) is 53.6 Å². The van der Waals surface area contributed by atoms with E-state index in [1.807, 2.05) is 19.2 Å². The van der Waals surface area contributed by atoms with Crippen molar-refractivity contribution in [2.75, 3.05) is 12.3 Å². The number of aromatic nitrogens is 2. The van der Waals surface area contributed by atoms with Crippen LogP contribution in [0.15, 0.2) is 36.7 Å². The molecule has 2 aliphatic rings. The lowest BCUT2D eigenvalue weighted by Crippen LogP contribution is -2.31. The van der Waals surface area contributed by atoms with Crippen molar-refractivity contribution in [2.24, 2.45) is 5.92 Å². The number of nitrogens with one attached hydrogen (secondary N) is 1. The van der Waals surface area contributed by atoms with E-state index in [2.05, 4.69) is 14.9 Å². The quantitative estimate of drug-likeness (QED) is 0.634. The lowest BCUT2D eigenvalue weighted by molar-refractivity contribution is 0.0371. The van der Waals surface area contributed by atoms with Gasteiger partial charge in [0.15, 0.2) is 0 Å². The Morgan fingerprint density at radius 3 is 3.00 bits per heavy atom. The number of ether oxygens (including phenoxy) is 1. The van der Waals surface area contributed by atoms with E-state index in [0.29, 0.717) is 30.8 Å². The smallest absolute Gasteiger partial charge is 0.142 e. The summed E-state index contributed by atoms with van der Waals surface area (Å²) >= 11 is 0. The fraction of sp³-hybridized carbons (Fsp3) is 0.409. The van der Waals surface area contributed by atoms with Gasteiger partial charge in [-0.2, -0.15) is 0 Å². The zero-order valence-electron chi connectivity index (χ0n) is 16.3. The van der Waals surface area contributed by atoms with Crippen LogP contribution >= 0.6 is 0 Å². The van der Waals surface area contributed by atoms with Crippen molar-refractivity contribution < 1.29 is 14.2 Å². The predicted octanol–water partition coefficient (Wildman–Crippen LogP) is 2.79. The molecule has 1 aromatic carbocycles. The molecule has 0 amide bonds. The molecule has 29 heavy (non-hydrogen) atoms. The van der Waals surface area contributed by atoms with Crippen molar-refractivity contribution in [2.45, 2.75) is 44.6 Å². The summed E-state index contributed by atoms with van der Waals surface area (Å²) in [5, 5.41) is 15.1. The fourth-order valence-electron chi connectivity index (χ4n) is 4.80. The van der Waals surface area contributed by atoms with Crippen LogP contribution < -0.4 is 15.8 Å². The molecule has 1 aliphatic heterocycles. The summed E-state index contributed by atoms with van der Waals surface area (Å²) in [5.74, 6) is 0.452. The molecule has 4 N–H and O–H groups in total. The maximum atomic E-state index is 14.2. The molecule has 0 radical (unpaired) electrons. The normalized spacial score (nSPS) is 26.6. The fourth-order valence-corrected chi connectivity index (χ4v) is 4.80. The first-order valence-electron chi connectivity index (χ1n) is 10.1. The first kappa shape index (κ1) is 18.4. The van der Waals surface area contributed by atoms with Crippen molar-refractivity contribution >= 4 is 16.7 Å². The predicted molar refractivity (Wildman–Crippen MR) is 109 cm³/mol. The number of hydrogen-bond acceptors (Lipinski definition) is 5. The SMILES string of the molecule is CC1C(O)C(Oc2ccc(F)c3c2CNCC3)CC1n1ccc2c(N)ccnc21. The highest BCUT2D eigenvalue weighted by Gasteiger charge is 2.43. The Kier molecular flexibility index (Phi) is 4.44. The van der Waals surface area contributed by atoms with Crippen LogP contribution in [0.2, 0.25) is 0 Å². The summed E-state index contributed by atoms with van der Waals surface area (Å²) in [7, 11) is 0. The van der Waals surface area contributed by atoms with Gasteiger partial charge in [-0.25, -0.2) is 9.37 Å². The van der Waals surface area contributed by atoms with E-state index in [-0.39, 0.29) is 23.9 Å². The molecule has 1 saturated carbocycles. The lowest BCUT2D eigenvalue weighted by Gasteiger charge is -2.24. The Bertz CT molecular complexity index is 1070. The minimum absolute atomic E-state index is 0.0202. The molecule has 0 spiro atoms.